The van der Waals surface area contributed by atoms with Gasteiger partial charge >= 0.3 is 0 Å². The average molecular weight is 331 g/mol. The number of imidazole rings is 1. The van der Waals surface area contributed by atoms with E-state index in [9.17, 15) is 5.11 Å². The highest BCUT2D eigenvalue weighted by Crippen LogP contribution is 2.23. The molecule has 0 radical (unpaired) electrons. The number of benzene rings is 1. The fourth-order valence-electron chi connectivity index (χ4n) is 2.80. The van der Waals surface area contributed by atoms with Crippen molar-refractivity contribution in [3.05, 3.63) is 85.1 Å². The summed E-state index contributed by atoms with van der Waals surface area (Å²) in [5.74, 6) is 0.754. The van der Waals surface area contributed by atoms with Crippen LogP contribution < -0.4 is 0 Å². The Labute approximate surface area is 145 Å². The molecule has 1 unspecified atom stereocenters. The van der Waals surface area contributed by atoms with Crippen molar-refractivity contribution >= 4 is 0 Å². The van der Waals surface area contributed by atoms with Gasteiger partial charge < -0.3 is 9.67 Å². The van der Waals surface area contributed by atoms with E-state index in [1.165, 1.54) is 0 Å². The Bertz CT molecular complexity index is 946. The number of para-hydroxylation sites is 1. The van der Waals surface area contributed by atoms with Crippen molar-refractivity contribution in [1.29, 1.82) is 0 Å². The summed E-state index contributed by atoms with van der Waals surface area (Å²) in [6, 6.07) is 15.5. The van der Waals surface area contributed by atoms with E-state index < -0.39 is 6.10 Å². The Hall–Kier alpha value is -3.25. The molecule has 3 heterocycles. The van der Waals surface area contributed by atoms with Gasteiger partial charge in [-0.2, -0.15) is 5.10 Å². The zero-order valence-electron chi connectivity index (χ0n) is 13.5. The normalized spacial score (nSPS) is 12.2. The van der Waals surface area contributed by atoms with Crippen molar-refractivity contribution in [3.8, 4) is 17.2 Å². The summed E-state index contributed by atoms with van der Waals surface area (Å²) in [6.45, 7) is 0.390. The van der Waals surface area contributed by atoms with Crippen molar-refractivity contribution in [1.82, 2.24) is 24.3 Å². The molecular weight excluding hydrogens is 314 g/mol. The maximum Gasteiger partial charge on any atom is 0.158 e. The molecule has 0 aliphatic heterocycles. The van der Waals surface area contributed by atoms with Crippen molar-refractivity contribution in [2.45, 2.75) is 12.6 Å². The number of hydrogen-bond acceptors (Lipinski definition) is 4. The second-order valence-corrected chi connectivity index (χ2v) is 5.67. The number of aliphatic hydroxyl groups excluding tert-OH is 1. The lowest BCUT2D eigenvalue weighted by atomic mass is 10.1. The molecule has 0 spiro atoms. The molecule has 124 valence electrons. The molecule has 1 N–H and O–H groups in total. The highest BCUT2D eigenvalue weighted by Gasteiger charge is 2.16. The monoisotopic (exact) mass is 331 g/mol. The summed E-state index contributed by atoms with van der Waals surface area (Å²) in [6.07, 6.45) is 8.05. The molecule has 25 heavy (non-hydrogen) atoms. The molecule has 1 aromatic carbocycles. The zero-order valence-corrected chi connectivity index (χ0v) is 13.5. The number of aromatic nitrogens is 5. The van der Waals surface area contributed by atoms with Gasteiger partial charge in [0.1, 0.15) is 5.69 Å². The van der Waals surface area contributed by atoms with Gasteiger partial charge in [0, 0.05) is 30.4 Å². The Balaban J connectivity index is 1.66. The lowest BCUT2D eigenvalue weighted by Gasteiger charge is -2.14. The van der Waals surface area contributed by atoms with E-state index in [1.54, 1.807) is 24.8 Å². The first-order valence-electron chi connectivity index (χ1n) is 8.02. The SMILES string of the molecule is OC(Cn1ccnc1-c1ccnn1-c1ccccc1)c1cccnc1. The Morgan fingerprint density at radius 1 is 0.960 bits per heavy atom. The molecule has 0 saturated carbocycles. The molecule has 0 saturated heterocycles. The number of nitrogens with zero attached hydrogens (tertiary/aromatic N) is 5. The standard InChI is InChI=1S/C19H17N5O/c25-18(15-5-4-9-20-13-15)14-23-12-11-21-19(23)17-8-10-22-24(17)16-6-2-1-3-7-16/h1-13,18,25H,14H2. The Morgan fingerprint density at radius 2 is 1.84 bits per heavy atom. The van der Waals surface area contributed by atoms with E-state index in [0.29, 0.717) is 6.54 Å². The summed E-state index contributed by atoms with van der Waals surface area (Å²) in [4.78, 5) is 8.53. The van der Waals surface area contributed by atoms with Gasteiger partial charge in [-0.3, -0.25) is 4.98 Å². The summed E-state index contributed by atoms with van der Waals surface area (Å²) < 4.78 is 3.77. The van der Waals surface area contributed by atoms with Crippen LogP contribution in [0.2, 0.25) is 0 Å². The first-order chi connectivity index (χ1) is 12.3. The Morgan fingerprint density at radius 3 is 2.64 bits per heavy atom. The van der Waals surface area contributed by atoms with Crippen molar-refractivity contribution in [3.63, 3.8) is 0 Å². The van der Waals surface area contributed by atoms with Gasteiger partial charge in [-0.05, 0) is 24.3 Å². The fourth-order valence-corrected chi connectivity index (χ4v) is 2.80. The minimum Gasteiger partial charge on any atom is -0.386 e. The van der Waals surface area contributed by atoms with Crippen LogP contribution in [0.25, 0.3) is 17.2 Å². The van der Waals surface area contributed by atoms with Gasteiger partial charge in [-0.25, -0.2) is 9.67 Å². The lowest BCUT2D eigenvalue weighted by molar-refractivity contribution is 0.156. The van der Waals surface area contributed by atoms with Crippen LogP contribution in [0.5, 0.6) is 0 Å². The third kappa shape index (κ3) is 3.07. The van der Waals surface area contributed by atoms with Gasteiger partial charge in [0.15, 0.2) is 5.82 Å². The average Bonchev–Trinajstić information content (AvgIpc) is 3.32. The Kier molecular flexibility index (Phi) is 4.10. The van der Waals surface area contributed by atoms with Crippen LogP contribution in [-0.4, -0.2) is 29.4 Å². The molecule has 4 rings (SSSR count). The second kappa shape index (κ2) is 6.70. The van der Waals surface area contributed by atoms with Crippen LogP contribution in [-0.2, 0) is 6.54 Å². The van der Waals surface area contributed by atoms with Gasteiger partial charge in [0.25, 0.3) is 0 Å². The molecular formula is C19H17N5O. The quantitative estimate of drug-likeness (QED) is 0.610. The van der Waals surface area contributed by atoms with E-state index in [2.05, 4.69) is 15.1 Å². The topological polar surface area (TPSA) is 68.8 Å². The smallest absolute Gasteiger partial charge is 0.158 e. The lowest BCUT2D eigenvalue weighted by Crippen LogP contribution is -2.11. The molecule has 0 aliphatic rings. The number of pyridine rings is 1. The van der Waals surface area contributed by atoms with Gasteiger partial charge in [-0.15, -0.1) is 0 Å². The van der Waals surface area contributed by atoms with E-state index in [0.717, 1.165) is 22.8 Å². The van der Waals surface area contributed by atoms with Gasteiger partial charge in [0.05, 0.1) is 24.5 Å². The third-order valence-electron chi connectivity index (χ3n) is 4.03. The largest absolute Gasteiger partial charge is 0.386 e. The molecule has 0 fully saturated rings. The summed E-state index contributed by atoms with van der Waals surface area (Å²) >= 11 is 0. The summed E-state index contributed by atoms with van der Waals surface area (Å²) in [7, 11) is 0. The van der Waals surface area contributed by atoms with E-state index >= 15 is 0 Å². The highest BCUT2D eigenvalue weighted by molar-refractivity contribution is 5.54. The molecule has 0 amide bonds. The van der Waals surface area contributed by atoms with E-state index in [-0.39, 0.29) is 0 Å². The molecule has 3 aromatic heterocycles. The van der Waals surface area contributed by atoms with Crippen LogP contribution in [0.4, 0.5) is 0 Å². The van der Waals surface area contributed by atoms with Crippen LogP contribution in [0.3, 0.4) is 0 Å². The molecule has 0 bridgehead atoms. The molecule has 0 aliphatic carbocycles. The molecule has 6 heteroatoms. The first-order valence-corrected chi connectivity index (χ1v) is 8.02. The third-order valence-corrected chi connectivity index (χ3v) is 4.03. The number of hydrogen-bond donors (Lipinski definition) is 1. The predicted octanol–water partition coefficient (Wildman–Crippen LogP) is 2.86. The molecule has 4 aromatic rings. The van der Waals surface area contributed by atoms with Gasteiger partial charge in [-0.1, -0.05) is 24.3 Å². The minimum atomic E-state index is -0.658. The van der Waals surface area contributed by atoms with Crippen LogP contribution in [0.1, 0.15) is 11.7 Å². The van der Waals surface area contributed by atoms with Gasteiger partial charge in [0.2, 0.25) is 0 Å². The molecule has 6 nitrogen and oxygen atoms in total. The van der Waals surface area contributed by atoms with Crippen LogP contribution in [0.15, 0.2) is 79.5 Å². The van der Waals surface area contributed by atoms with Crippen molar-refractivity contribution in [2.24, 2.45) is 0 Å². The van der Waals surface area contributed by atoms with E-state index in [1.807, 2.05) is 64.0 Å². The molecule has 1 atom stereocenters. The summed E-state index contributed by atoms with van der Waals surface area (Å²) in [5.41, 5.74) is 2.61. The highest BCUT2D eigenvalue weighted by atomic mass is 16.3. The first kappa shape index (κ1) is 15.3. The second-order valence-electron chi connectivity index (χ2n) is 5.67. The fraction of sp³-hybridized carbons (Fsp3) is 0.105. The number of rotatable bonds is 5. The maximum atomic E-state index is 10.5. The van der Waals surface area contributed by atoms with Crippen LogP contribution in [0, 0.1) is 0 Å². The van der Waals surface area contributed by atoms with E-state index in [4.69, 9.17) is 0 Å². The van der Waals surface area contributed by atoms with Crippen molar-refractivity contribution < 1.29 is 5.11 Å². The zero-order chi connectivity index (χ0) is 17.1. The van der Waals surface area contributed by atoms with Crippen molar-refractivity contribution in [2.75, 3.05) is 0 Å². The number of aliphatic hydroxyl groups is 1. The maximum absolute atomic E-state index is 10.5. The van der Waals surface area contributed by atoms with Crippen LogP contribution >= 0.6 is 0 Å². The predicted molar refractivity (Wildman–Crippen MR) is 94.0 cm³/mol. The summed E-state index contributed by atoms with van der Waals surface area (Å²) in [5, 5.41) is 14.9. The minimum absolute atomic E-state index is 0.390.